The largest absolute Gasteiger partial charge is 0.393 e. The second-order valence-electron chi connectivity index (χ2n) is 8.37. The lowest BCUT2D eigenvalue weighted by Gasteiger charge is -2.27. The van der Waals surface area contributed by atoms with E-state index in [4.69, 9.17) is 9.72 Å². The summed E-state index contributed by atoms with van der Waals surface area (Å²) in [5.41, 5.74) is 3.58. The molecule has 0 spiro atoms. The molecule has 0 unspecified atom stereocenters. The van der Waals surface area contributed by atoms with E-state index >= 15 is 0 Å². The van der Waals surface area contributed by atoms with Crippen molar-refractivity contribution in [1.29, 1.82) is 0 Å². The number of nitrogens with one attached hydrogen (secondary N) is 1. The van der Waals surface area contributed by atoms with Gasteiger partial charge in [-0.1, -0.05) is 24.6 Å². The van der Waals surface area contributed by atoms with Gasteiger partial charge in [-0.3, -0.25) is 0 Å². The summed E-state index contributed by atoms with van der Waals surface area (Å²) in [5.74, 6) is 0.735. The van der Waals surface area contributed by atoms with Gasteiger partial charge in [-0.2, -0.15) is 0 Å². The van der Waals surface area contributed by atoms with E-state index in [0.717, 1.165) is 59.2 Å². The molecule has 0 radical (unpaired) electrons. The molecular formula is C25H31FN4O2S. The van der Waals surface area contributed by atoms with Gasteiger partial charge in [0.05, 0.1) is 24.1 Å². The number of halogens is 1. The Balaban J connectivity index is 1.69. The Kier molecular flexibility index (Phi) is 8.01. The molecule has 1 aromatic carbocycles. The summed E-state index contributed by atoms with van der Waals surface area (Å²) in [6.45, 7) is 1.90. The maximum Gasteiger partial charge on any atom is 0.168 e. The van der Waals surface area contributed by atoms with Crippen LogP contribution in [0.4, 0.5) is 10.2 Å². The molecule has 1 aliphatic carbocycles. The smallest absolute Gasteiger partial charge is 0.168 e. The van der Waals surface area contributed by atoms with Gasteiger partial charge in [0.2, 0.25) is 0 Å². The first-order valence-corrected chi connectivity index (χ1v) is 12.6. The zero-order valence-electron chi connectivity index (χ0n) is 19.1. The van der Waals surface area contributed by atoms with Crippen LogP contribution in [0.3, 0.4) is 0 Å². The van der Waals surface area contributed by atoms with Crippen LogP contribution in [-0.4, -0.2) is 52.3 Å². The predicted octanol–water partition coefficient (Wildman–Crippen LogP) is 5.08. The fourth-order valence-electron chi connectivity index (χ4n) is 4.42. The van der Waals surface area contributed by atoms with Gasteiger partial charge >= 0.3 is 0 Å². The minimum Gasteiger partial charge on any atom is -0.393 e. The van der Waals surface area contributed by atoms with Gasteiger partial charge < -0.3 is 19.7 Å². The third-order valence-electron chi connectivity index (χ3n) is 6.20. The summed E-state index contributed by atoms with van der Waals surface area (Å²) in [6, 6.07) is 10.4. The number of hydrogen-bond donors (Lipinski definition) is 2. The number of aromatic nitrogens is 3. The van der Waals surface area contributed by atoms with Crippen LogP contribution in [0.15, 0.2) is 47.8 Å². The quantitative estimate of drug-likeness (QED) is 0.425. The van der Waals surface area contributed by atoms with E-state index in [0.29, 0.717) is 19.7 Å². The molecule has 33 heavy (non-hydrogen) atoms. The van der Waals surface area contributed by atoms with Gasteiger partial charge in [0, 0.05) is 43.4 Å². The lowest BCUT2D eigenvalue weighted by molar-refractivity contribution is 0.0763. The Morgan fingerprint density at radius 1 is 1.18 bits per heavy atom. The van der Waals surface area contributed by atoms with Crippen LogP contribution in [-0.2, 0) is 11.3 Å². The van der Waals surface area contributed by atoms with Crippen molar-refractivity contribution in [1.82, 2.24) is 14.5 Å². The Labute approximate surface area is 198 Å². The Morgan fingerprint density at radius 3 is 2.70 bits per heavy atom. The van der Waals surface area contributed by atoms with E-state index in [1.54, 1.807) is 37.2 Å². The van der Waals surface area contributed by atoms with Crippen LogP contribution < -0.4 is 5.32 Å². The van der Waals surface area contributed by atoms with Crippen LogP contribution in [0.1, 0.15) is 25.7 Å². The predicted molar refractivity (Wildman–Crippen MR) is 131 cm³/mol. The minimum atomic E-state index is -0.274. The Bertz CT molecular complexity index is 1060. The molecule has 0 saturated heterocycles. The van der Waals surface area contributed by atoms with Crippen molar-refractivity contribution in [3.63, 3.8) is 0 Å². The number of nitrogens with zero attached hydrogens (tertiary/aromatic N) is 3. The average molecular weight is 471 g/mol. The number of hydrogen-bond acceptors (Lipinski definition) is 6. The number of aliphatic hydroxyl groups excluding tert-OH is 1. The highest BCUT2D eigenvalue weighted by Gasteiger charge is 2.23. The molecular weight excluding hydrogens is 439 g/mol. The molecule has 2 heterocycles. The third kappa shape index (κ3) is 5.57. The van der Waals surface area contributed by atoms with Gasteiger partial charge in [-0.05, 0) is 55.5 Å². The van der Waals surface area contributed by atoms with Crippen LogP contribution in [0.2, 0.25) is 0 Å². The van der Waals surface area contributed by atoms with E-state index in [1.807, 2.05) is 18.4 Å². The highest BCUT2D eigenvalue weighted by molar-refractivity contribution is 7.98. The Morgan fingerprint density at radius 2 is 1.97 bits per heavy atom. The van der Waals surface area contributed by atoms with E-state index < -0.39 is 0 Å². The second-order valence-corrected chi connectivity index (χ2v) is 9.14. The third-order valence-corrected chi connectivity index (χ3v) is 6.88. The van der Waals surface area contributed by atoms with Crippen LogP contribution in [0.5, 0.6) is 0 Å². The maximum absolute atomic E-state index is 13.6. The van der Waals surface area contributed by atoms with Gasteiger partial charge in [-0.15, -0.1) is 0 Å². The monoisotopic (exact) mass is 470 g/mol. The van der Waals surface area contributed by atoms with Gasteiger partial charge in [0.15, 0.2) is 5.16 Å². The highest BCUT2D eigenvalue weighted by atomic mass is 32.2. The van der Waals surface area contributed by atoms with Crippen molar-refractivity contribution in [3.8, 4) is 22.5 Å². The van der Waals surface area contributed by atoms with E-state index in [-0.39, 0.29) is 17.8 Å². The molecule has 2 aromatic heterocycles. The van der Waals surface area contributed by atoms with Crippen molar-refractivity contribution in [2.75, 3.05) is 31.8 Å². The van der Waals surface area contributed by atoms with Crippen molar-refractivity contribution in [3.05, 3.63) is 48.4 Å². The van der Waals surface area contributed by atoms with E-state index in [9.17, 15) is 9.50 Å². The first kappa shape index (κ1) is 23.7. The van der Waals surface area contributed by atoms with Crippen LogP contribution in [0.25, 0.3) is 22.5 Å². The summed E-state index contributed by atoms with van der Waals surface area (Å²) in [5, 5.41) is 14.6. The summed E-state index contributed by atoms with van der Waals surface area (Å²) >= 11 is 1.57. The summed E-state index contributed by atoms with van der Waals surface area (Å²) in [7, 11) is 1.68. The minimum absolute atomic E-state index is 0.245. The lowest BCUT2D eigenvalue weighted by atomic mass is 9.86. The first-order valence-electron chi connectivity index (χ1n) is 11.4. The summed E-state index contributed by atoms with van der Waals surface area (Å²) < 4.78 is 21.1. The van der Waals surface area contributed by atoms with Crippen molar-refractivity contribution < 1.29 is 14.2 Å². The zero-order chi connectivity index (χ0) is 23.2. The first-order chi connectivity index (χ1) is 16.1. The number of anilines is 1. The number of thioether (sulfide) groups is 1. The molecule has 0 amide bonds. The standard InChI is InChI=1S/C25H31FN4O2S/c1-32-14-13-30-24(23(29-25(30)33-2)17-7-9-20(26)10-8-17)18-11-12-27-22(15-18)28-16-19-5-3-4-6-21(19)31/h7-12,15,19,21,31H,3-6,13-14,16H2,1-2H3,(H,27,28)/t19-,21+/m0/s1. The number of methoxy groups -OCH3 is 1. The summed E-state index contributed by atoms with van der Waals surface area (Å²) in [4.78, 5) is 9.40. The number of benzene rings is 1. The number of ether oxygens (including phenoxy) is 1. The SMILES string of the molecule is COCCn1c(SC)nc(-c2ccc(F)cc2)c1-c1ccnc(NC[C@@H]2CCCC[C@H]2O)c1. The molecule has 1 aliphatic rings. The summed E-state index contributed by atoms with van der Waals surface area (Å²) in [6.07, 6.45) is 7.70. The molecule has 2 N–H and O–H groups in total. The fraction of sp³-hybridized carbons (Fsp3) is 0.440. The molecule has 6 nitrogen and oxygen atoms in total. The van der Waals surface area contributed by atoms with Crippen LogP contribution in [0, 0.1) is 11.7 Å². The maximum atomic E-state index is 13.6. The Hall–Kier alpha value is -2.42. The molecule has 3 aromatic rings. The van der Waals surface area contributed by atoms with E-state index in [2.05, 4.69) is 14.9 Å². The molecule has 0 aliphatic heterocycles. The van der Waals surface area contributed by atoms with Crippen molar-refractivity contribution >= 4 is 17.6 Å². The molecule has 176 valence electrons. The number of imidazole rings is 1. The number of rotatable bonds is 9. The van der Waals surface area contributed by atoms with Crippen molar-refractivity contribution in [2.45, 2.75) is 43.5 Å². The number of pyridine rings is 1. The van der Waals surface area contributed by atoms with E-state index in [1.165, 1.54) is 12.1 Å². The zero-order valence-corrected chi connectivity index (χ0v) is 19.9. The fourth-order valence-corrected chi connectivity index (χ4v) is 5.00. The molecule has 4 rings (SSSR count). The average Bonchev–Trinajstić information content (AvgIpc) is 3.21. The van der Waals surface area contributed by atoms with Crippen LogP contribution >= 0.6 is 11.8 Å². The van der Waals surface area contributed by atoms with Crippen molar-refractivity contribution in [2.24, 2.45) is 5.92 Å². The molecule has 2 atom stereocenters. The number of aliphatic hydroxyl groups is 1. The molecule has 1 fully saturated rings. The highest BCUT2D eigenvalue weighted by Crippen LogP contribution is 2.36. The second kappa shape index (κ2) is 11.1. The molecule has 8 heteroatoms. The topological polar surface area (TPSA) is 72.2 Å². The molecule has 0 bridgehead atoms. The van der Waals surface area contributed by atoms with Gasteiger partial charge in [0.25, 0.3) is 0 Å². The normalized spacial score (nSPS) is 18.4. The lowest BCUT2D eigenvalue weighted by Crippen LogP contribution is -2.30. The van der Waals surface area contributed by atoms with Gasteiger partial charge in [0.1, 0.15) is 11.6 Å². The van der Waals surface area contributed by atoms with Gasteiger partial charge in [-0.25, -0.2) is 14.4 Å². The molecule has 1 saturated carbocycles.